The molecule has 0 aliphatic heterocycles. The number of carbonyl (C=O) groups excluding carboxylic acids is 1. The molecule has 0 fully saturated rings. The Balaban J connectivity index is 2.81. The second-order valence-corrected chi connectivity index (χ2v) is 2.92. The summed E-state index contributed by atoms with van der Waals surface area (Å²) in [5.74, 6) is 0. The van der Waals surface area contributed by atoms with Crippen molar-refractivity contribution in [3.63, 3.8) is 0 Å². The molecule has 0 spiro atoms. The molecule has 0 amide bonds. The molecule has 1 rings (SSSR count). The van der Waals surface area contributed by atoms with E-state index >= 15 is 0 Å². The van der Waals surface area contributed by atoms with Gasteiger partial charge in [0.15, 0.2) is 0 Å². The molecular weight excluding hydrogens is 204 g/mol. The van der Waals surface area contributed by atoms with Gasteiger partial charge in [0, 0.05) is 4.47 Å². The molecule has 55 valence electrons. The van der Waals surface area contributed by atoms with Crippen LogP contribution in [0.4, 0.5) is 0 Å². The molecule has 1 radical (unpaired) electrons. The van der Waals surface area contributed by atoms with Crippen LogP contribution in [0.15, 0.2) is 34.8 Å². The van der Waals surface area contributed by atoms with Gasteiger partial charge in [0.05, 0.1) is 0 Å². The molecule has 11 heavy (non-hydrogen) atoms. The zero-order valence-corrected chi connectivity index (χ0v) is 7.34. The van der Waals surface area contributed by atoms with Crippen LogP contribution in [0.1, 0.15) is 5.56 Å². The van der Waals surface area contributed by atoms with Gasteiger partial charge in [-0.2, -0.15) is 0 Å². The Labute approximate surface area is 73.9 Å². The molecule has 0 aliphatic carbocycles. The van der Waals surface area contributed by atoms with E-state index in [0.717, 1.165) is 10.0 Å². The van der Waals surface area contributed by atoms with Crippen LogP contribution in [0.2, 0.25) is 0 Å². The topological polar surface area (TPSA) is 17.1 Å². The lowest BCUT2D eigenvalue weighted by atomic mass is 10.2. The normalized spacial score (nSPS) is 10.3. The largest absolute Gasteiger partial charge is 0.286 e. The van der Waals surface area contributed by atoms with E-state index < -0.39 is 0 Å². The fourth-order valence-corrected chi connectivity index (χ4v) is 0.968. The fraction of sp³-hybridized carbons (Fsp3) is 0. The quantitative estimate of drug-likeness (QED) is 0.685. The second kappa shape index (κ2) is 4.09. The van der Waals surface area contributed by atoms with E-state index in [0.29, 0.717) is 0 Å². The summed E-state index contributed by atoms with van der Waals surface area (Å²) in [5, 5.41) is 0. The maximum Gasteiger partial charge on any atom is 0.225 e. The highest BCUT2D eigenvalue weighted by Gasteiger charge is 1.85. The van der Waals surface area contributed by atoms with Crippen molar-refractivity contribution in [2.24, 2.45) is 0 Å². The predicted octanol–water partition coefficient (Wildman–Crippen LogP) is 2.57. The molecule has 0 saturated heterocycles. The molecular formula is C9H6BrO. The van der Waals surface area contributed by atoms with Gasteiger partial charge in [-0.1, -0.05) is 34.1 Å². The van der Waals surface area contributed by atoms with Crippen LogP contribution in [0.3, 0.4) is 0 Å². The van der Waals surface area contributed by atoms with E-state index in [9.17, 15) is 4.79 Å². The van der Waals surface area contributed by atoms with Gasteiger partial charge in [0.2, 0.25) is 6.29 Å². The summed E-state index contributed by atoms with van der Waals surface area (Å²) in [6.07, 6.45) is 4.75. The highest BCUT2D eigenvalue weighted by atomic mass is 79.9. The third-order valence-electron chi connectivity index (χ3n) is 1.21. The van der Waals surface area contributed by atoms with Crippen LogP contribution in [0.5, 0.6) is 0 Å². The Morgan fingerprint density at radius 1 is 1.27 bits per heavy atom. The lowest BCUT2D eigenvalue weighted by Crippen LogP contribution is -1.70. The van der Waals surface area contributed by atoms with Gasteiger partial charge in [0.1, 0.15) is 0 Å². The summed E-state index contributed by atoms with van der Waals surface area (Å²) in [6.45, 7) is 0. The number of rotatable bonds is 2. The average molecular weight is 210 g/mol. The SMILES string of the molecule is O=[C]C=Cc1ccc(Br)cc1. The first-order chi connectivity index (χ1) is 5.33. The van der Waals surface area contributed by atoms with Crippen molar-refractivity contribution in [3.05, 3.63) is 40.4 Å². The molecule has 0 atom stereocenters. The molecule has 0 saturated carbocycles. The maximum atomic E-state index is 9.82. The molecule has 0 bridgehead atoms. The van der Waals surface area contributed by atoms with Crippen LogP contribution < -0.4 is 0 Å². The molecule has 0 heterocycles. The molecule has 1 aromatic rings. The lowest BCUT2D eigenvalue weighted by molar-refractivity contribution is 0.564. The highest BCUT2D eigenvalue weighted by molar-refractivity contribution is 9.10. The Kier molecular flexibility index (Phi) is 3.05. The van der Waals surface area contributed by atoms with E-state index in [2.05, 4.69) is 15.9 Å². The average Bonchev–Trinajstić information content (AvgIpc) is 2.04. The van der Waals surface area contributed by atoms with Gasteiger partial charge >= 0.3 is 0 Å². The summed E-state index contributed by atoms with van der Waals surface area (Å²) in [6, 6.07) is 7.67. The summed E-state index contributed by atoms with van der Waals surface area (Å²) < 4.78 is 1.03. The van der Waals surface area contributed by atoms with Crippen LogP contribution >= 0.6 is 15.9 Å². The number of hydrogen-bond acceptors (Lipinski definition) is 1. The molecule has 0 unspecified atom stereocenters. The minimum atomic E-state index is 0.997. The highest BCUT2D eigenvalue weighted by Crippen LogP contribution is 2.10. The van der Waals surface area contributed by atoms with E-state index in [-0.39, 0.29) is 0 Å². The minimum absolute atomic E-state index is 0.997. The third-order valence-corrected chi connectivity index (χ3v) is 1.74. The second-order valence-electron chi connectivity index (χ2n) is 2.00. The van der Waals surface area contributed by atoms with Crippen molar-refractivity contribution in [1.29, 1.82) is 0 Å². The first-order valence-corrected chi connectivity index (χ1v) is 3.92. The van der Waals surface area contributed by atoms with Gasteiger partial charge in [-0.05, 0) is 23.8 Å². The van der Waals surface area contributed by atoms with Gasteiger partial charge < -0.3 is 0 Å². The summed E-state index contributed by atoms with van der Waals surface area (Å²) in [5.41, 5.74) is 0.997. The lowest BCUT2D eigenvalue weighted by Gasteiger charge is -1.90. The smallest absolute Gasteiger partial charge is 0.225 e. The summed E-state index contributed by atoms with van der Waals surface area (Å²) in [4.78, 5) is 9.82. The standard InChI is InChI=1S/C9H6BrO/c10-9-5-3-8(4-6-9)2-1-7-11/h1-6H. The van der Waals surface area contributed by atoms with E-state index in [1.807, 2.05) is 24.3 Å². The van der Waals surface area contributed by atoms with Gasteiger partial charge in [0.25, 0.3) is 0 Å². The molecule has 1 aromatic carbocycles. The van der Waals surface area contributed by atoms with Crippen LogP contribution in [0.25, 0.3) is 6.08 Å². The van der Waals surface area contributed by atoms with Crippen LogP contribution in [-0.4, -0.2) is 6.29 Å². The van der Waals surface area contributed by atoms with Crippen LogP contribution in [0, 0.1) is 0 Å². The predicted molar refractivity (Wildman–Crippen MR) is 48.9 cm³/mol. The third kappa shape index (κ3) is 2.68. The van der Waals surface area contributed by atoms with Crippen molar-refractivity contribution in [2.45, 2.75) is 0 Å². The first kappa shape index (κ1) is 8.21. The monoisotopic (exact) mass is 209 g/mol. The van der Waals surface area contributed by atoms with E-state index in [1.54, 1.807) is 12.4 Å². The first-order valence-electron chi connectivity index (χ1n) is 3.13. The minimum Gasteiger partial charge on any atom is -0.286 e. The Bertz CT molecular complexity index is 261. The Hall–Kier alpha value is -0.890. The van der Waals surface area contributed by atoms with Gasteiger partial charge in [-0.15, -0.1) is 0 Å². The molecule has 0 N–H and O–H groups in total. The Morgan fingerprint density at radius 2 is 1.91 bits per heavy atom. The van der Waals surface area contributed by atoms with Crippen molar-refractivity contribution < 1.29 is 4.79 Å². The summed E-state index contributed by atoms with van der Waals surface area (Å²) in [7, 11) is 0. The van der Waals surface area contributed by atoms with Crippen molar-refractivity contribution in [2.75, 3.05) is 0 Å². The number of hydrogen-bond donors (Lipinski definition) is 0. The zero-order valence-electron chi connectivity index (χ0n) is 5.75. The van der Waals surface area contributed by atoms with E-state index in [1.165, 1.54) is 6.08 Å². The van der Waals surface area contributed by atoms with Gasteiger partial charge in [-0.25, -0.2) is 0 Å². The number of halogens is 1. The van der Waals surface area contributed by atoms with Gasteiger partial charge in [-0.3, -0.25) is 4.79 Å². The molecule has 0 aromatic heterocycles. The van der Waals surface area contributed by atoms with Crippen LogP contribution in [-0.2, 0) is 4.79 Å². The molecule has 0 aliphatic rings. The number of allylic oxidation sites excluding steroid dienone is 1. The van der Waals surface area contributed by atoms with Crippen molar-refractivity contribution >= 4 is 28.3 Å². The van der Waals surface area contributed by atoms with Crippen molar-refractivity contribution in [3.8, 4) is 0 Å². The van der Waals surface area contributed by atoms with Crippen molar-refractivity contribution in [1.82, 2.24) is 0 Å². The Morgan fingerprint density at radius 3 is 2.45 bits per heavy atom. The zero-order chi connectivity index (χ0) is 8.10. The molecule has 2 heteroatoms. The summed E-state index contributed by atoms with van der Waals surface area (Å²) >= 11 is 3.31. The maximum absolute atomic E-state index is 9.82. The molecule has 1 nitrogen and oxygen atoms in total. The van der Waals surface area contributed by atoms with E-state index in [4.69, 9.17) is 0 Å². The fourth-order valence-electron chi connectivity index (χ4n) is 0.704. The number of benzene rings is 1.